The molecular formula is C14H20N2O4. The second kappa shape index (κ2) is 7.09. The van der Waals surface area contributed by atoms with Gasteiger partial charge < -0.3 is 19.4 Å². The van der Waals surface area contributed by atoms with Gasteiger partial charge in [-0.3, -0.25) is 9.59 Å². The van der Waals surface area contributed by atoms with E-state index in [1.807, 2.05) is 4.90 Å². The SMILES string of the molecule is COCc1ccc(C(=O)NCCCN2CCCC2=O)o1. The molecule has 0 saturated carbocycles. The summed E-state index contributed by atoms with van der Waals surface area (Å²) >= 11 is 0. The van der Waals surface area contributed by atoms with E-state index in [4.69, 9.17) is 9.15 Å². The molecule has 2 amide bonds. The van der Waals surface area contributed by atoms with E-state index in [1.54, 1.807) is 19.2 Å². The van der Waals surface area contributed by atoms with E-state index in [2.05, 4.69) is 5.32 Å². The highest BCUT2D eigenvalue weighted by atomic mass is 16.5. The maximum Gasteiger partial charge on any atom is 0.286 e. The van der Waals surface area contributed by atoms with Gasteiger partial charge in [0, 0.05) is 33.2 Å². The van der Waals surface area contributed by atoms with Crippen LogP contribution in [0.15, 0.2) is 16.5 Å². The molecule has 0 radical (unpaired) electrons. The molecule has 1 fully saturated rings. The van der Waals surface area contributed by atoms with Crippen LogP contribution in [-0.4, -0.2) is 43.5 Å². The lowest BCUT2D eigenvalue weighted by Crippen LogP contribution is -2.30. The molecule has 6 heteroatoms. The van der Waals surface area contributed by atoms with E-state index < -0.39 is 0 Å². The van der Waals surface area contributed by atoms with Crippen molar-refractivity contribution in [2.75, 3.05) is 26.7 Å². The summed E-state index contributed by atoms with van der Waals surface area (Å²) in [4.78, 5) is 25.0. The third kappa shape index (κ3) is 3.84. The molecule has 0 spiro atoms. The molecule has 0 aliphatic carbocycles. The number of ether oxygens (including phenoxy) is 1. The fourth-order valence-electron chi connectivity index (χ4n) is 2.22. The highest BCUT2D eigenvalue weighted by Crippen LogP contribution is 2.10. The van der Waals surface area contributed by atoms with Gasteiger partial charge in [0.2, 0.25) is 5.91 Å². The molecule has 1 aliphatic rings. The second-order valence-electron chi connectivity index (χ2n) is 4.79. The number of carbonyl (C=O) groups is 2. The van der Waals surface area contributed by atoms with Crippen molar-refractivity contribution in [3.63, 3.8) is 0 Å². The Hall–Kier alpha value is -1.82. The first kappa shape index (κ1) is 14.6. The number of hydrogen-bond donors (Lipinski definition) is 1. The average molecular weight is 280 g/mol. The molecule has 0 unspecified atom stereocenters. The predicted octanol–water partition coefficient (Wildman–Crippen LogP) is 1.17. The maximum atomic E-state index is 11.8. The topological polar surface area (TPSA) is 71.8 Å². The van der Waals surface area contributed by atoms with E-state index in [9.17, 15) is 9.59 Å². The van der Waals surface area contributed by atoms with Crippen molar-refractivity contribution >= 4 is 11.8 Å². The van der Waals surface area contributed by atoms with Crippen LogP contribution in [0.3, 0.4) is 0 Å². The standard InChI is InChI=1S/C14H20N2O4/c1-19-10-11-5-6-12(20-11)14(18)15-7-3-9-16-8-2-4-13(16)17/h5-6H,2-4,7-10H2,1H3,(H,15,18). The first-order chi connectivity index (χ1) is 9.70. The average Bonchev–Trinajstić information content (AvgIpc) is 3.05. The van der Waals surface area contributed by atoms with Crippen LogP contribution in [-0.2, 0) is 16.1 Å². The van der Waals surface area contributed by atoms with Crippen LogP contribution < -0.4 is 5.32 Å². The molecule has 6 nitrogen and oxygen atoms in total. The number of rotatable bonds is 7. The summed E-state index contributed by atoms with van der Waals surface area (Å²) < 4.78 is 10.3. The summed E-state index contributed by atoms with van der Waals surface area (Å²) in [5.74, 6) is 0.890. The molecule has 0 bridgehead atoms. The molecule has 1 aromatic heterocycles. The number of nitrogens with one attached hydrogen (secondary N) is 1. The van der Waals surface area contributed by atoms with Gasteiger partial charge in [0.15, 0.2) is 5.76 Å². The van der Waals surface area contributed by atoms with E-state index >= 15 is 0 Å². The fraction of sp³-hybridized carbons (Fsp3) is 0.571. The molecule has 0 atom stereocenters. The van der Waals surface area contributed by atoms with Gasteiger partial charge in [-0.15, -0.1) is 0 Å². The van der Waals surface area contributed by atoms with Crippen molar-refractivity contribution < 1.29 is 18.7 Å². The number of hydrogen-bond acceptors (Lipinski definition) is 4. The number of carbonyl (C=O) groups excluding carboxylic acids is 2. The summed E-state index contributed by atoms with van der Waals surface area (Å²) in [7, 11) is 1.57. The van der Waals surface area contributed by atoms with E-state index in [1.165, 1.54) is 0 Å². The van der Waals surface area contributed by atoms with Crippen LogP contribution in [0.4, 0.5) is 0 Å². The number of amides is 2. The van der Waals surface area contributed by atoms with Crippen molar-refractivity contribution in [3.8, 4) is 0 Å². The van der Waals surface area contributed by atoms with Gasteiger partial charge in [0.1, 0.15) is 12.4 Å². The zero-order valence-corrected chi connectivity index (χ0v) is 11.7. The van der Waals surface area contributed by atoms with Crippen LogP contribution >= 0.6 is 0 Å². The van der Waals surface area contributed by atoms with Crippen LogP contribution in [0, 0.1) is 0 Å². The van der Waals surface area contributed by atoms with Gasteiger partial charge in [-0.1, -0.05) is 0 Å². The normalized spacial score (nSPS) is 14.8. The lowest BCUT2D eigenvalue weighted by atomic mass is 10.3. The summed E-state index contributed by atoms with van der Waals surface area (Å²) in [5.41, 5.74) is 0. The van der Waals surface area contributed by atoms with Crippen molar-refractivity contribution in [1.29, 1.82) is 0 Å². The third-order valence-corrected chi connectivity index (χ3v) is 3.23. The number of likely N-dealkylation sites (tertiary alicyclic amines) is 1. The summed E-state index contributed by atoms with van der Waals surface area (Å²) in [6.45, 7) is 2.42. The van der Waals surface area contributed by atoms with Crippen molar-refractivity contribution in [1.82, 2.24) is 10.2 Å². The lowest BCUT2D eigenvalue weighted by molar-refractivity contribution is -0.127. The number of methoxy groups -OCH3 is 1. The van der Waals surface area contributed by atoms with E-state index in [-0.39, 0.29) is 17.6 Å². The molecule has 2 heterocycles. The molecule has 0 aromatic carbocycles. The van der Waals surface area contributed by atoms with Crippen LogP contribution in [0.1, 0.15) is 35.6 Å². The molecular weight excluding hydrogens is 260 g/mol. The minimum Gasteiger partial charge on any atom is -0.453 e. The Bertz CT molecular complexity index is 469. The first-order valence-corrected chi connectivity index (χ1v) is 6.84. The van der Waals surface area contributed by atoms with Crippen LogP contribution in [0.2, 0.25) is 0 Å². The number of furan rings is 1. The quantitative estimate of drug-likeness (QED) is 0.761. The predicted molar refractivity (Wildman–Crippen MR) is 72.2 cm³/mol. The Morgan fingerprint density at radius 1 is 1.50 bits per heavy atom. The molecule has 1 aromatic rings. The van der Waals surface area contributed by atoms with Gasteiger partial charge in [0.25, 0.3) is 5.91 Å². The van der Waals surface area contributed by atoms with Gasteiger partial charge in [0.05, 0.1) is 0 Å². The lowest BCUT2D eigenvalue weighted by Gasteiger charge is -2.14. The fourth-order valence-corrected chi connectivity index (χ4v) is 2.22. The summed E-state index contributed by atoms with van der Waals surface area (Å²) in [6, 6.07) is 3.36. The summed E-state index contributed by atoms with van der Waals surface area (Å²) in [5, 5.41) is 2.78. The minimum atomic E-state index is -0.236. The van der Waals surface area contributed by atoms with E-state index in [0.717, 1.165) is 19.4 Å². The van der Waals surface area contributed by atoms with Crippen molar-refractivity contribution in [3.05, 3.63) is 23.7 Å². The maximum absolute atomic E-state index is 11.8. The number of nitrogens with zero attached hydrogens (tertiary/aromatic N) is 1. The zero-order chi connectivity index (χ0) is 14.4. The molecule has 110 valence electrons. The smallest absolute Gasteiger partial charge is 0.286 e. The molecule has 2 rings (SSSR count). The Kier molecular flexibility index (Phi) is 5.17. The summed E-state index contributed by atoms with van der Waals surface area (Å²) in [6.07, 6.45) is 2.35. The van der Waals surface area contributed by atoms with Gasteiger partial charge in [-0.25, -0.2) is 0 Å². The highest BCUT2D eigenvalue weighted by Gasteiger charge is 2.19. The largest absolute Gasteiger partial charge is 0.453 e. The Balaban J connectivity index is 1.67. The van der Waals surface area contributed by atoms with Crippen LogP contribution in [0.25, 0.3) is 0 Å². The van der Waals surface area contributed by atoms with Gasteiger partial charge in [-0.05, 0) is 25.0 Å². The minimum absolute atomic E-state index is 0.214. The van der Waals surface area contributed by atoms with Gasteiger partial charge in [-0.2, -0.15) is 0 Å². The van der Waals surface area contributed by atoms with Crippen molar-refractivity contribution in [2.24, 2.45) is 0 Å². The highest BCUT2D eigenvalue weighted by molar-refractivity contribution is 5.91. The first-order valence-electron chi connectivity index (χ1n) is 6.84. The molecule has 1 aliphatic heterocycles. The second-order valence-corrected chi connectivity index (χ2v) is 4.79. The molecule has 1 N–H and O–H groups in total. The monoisotopic (exact) mass is 280 g/mol. The Morgan fingerprint density at radius 2 is 2.35 bits per heavy atom. The molecule has 20 heavy (non-hydrogen) atoms. The zero-order valence-electron chi connectivity index (χ0n) is 11.7. The van der Waals surface area contributed by atoms with Crippen molar-refractivity contribution in [2.45, 2.75) is 25.9 Å². The Morgan fingerprint density at radius 3 is 3.05 bits per heavy atom. The van der Waals surface area contributed by atoms with Gasteiger partial charge >= 0.3 is 0 Å². The van der Waals surface area contributed by atoms with E-state index in [0.29, 0.717) is 31.9 Å². The molecule has 1 saturated heterocycles. The Labute approximate surface area is 118 Å². The third-order valence-electron chi connectivity index (χ3n) is 3.23. The van der Waals surface area contributed by atoms with Crippen LogP contribution in [0.5, 0.6) is 0 Å².